The van der Waals surface area contributed by atoms with Crippen molar-refractivity contribution in [1.29, 1.82) is 0 Å². The molecule has 0 atom stereocenters. The van der Waals surface area contributed by atoms with Crippen molar-refractivity contribution >= 4 is 47.0 Å². The van der Waals surface area contributed by atoms with Gasteiger partial charge in [0.25, 0.3) is 11.8 Å². The molecule has 8 heteroatoms. The van der Waals surface area contributed by atoms with Crippen LogP contribution < -0.4 is 10.9 Å². The summed E-state index contributed by atoms with van der Waals surface area (Å²) in [5, 5.41) is 20.3. The monoisotopic (exact) mass is 522 g/mol. The summed E-state index contributed by atoms with van der Waals surface area (Å²) in [4.78, 5) is 26.4. The van der Waals surface area contributed by atoms with E-state index in [4.69, 9.17) is 0 Å². The van der Waals surface area contributed by atoms with Crippen molar-refractivity contribution in [3.05, 3.63) is 62.2 Å². The van der Waals surface area contributed by atoms with E-state index in [0.29, 0.717) is 22.2 Å². The Bertz CT molecular complexity index is 934. The largest absolute Gasteiger partial charge is 0.488 e. The Labute approximate surface area is 191 Å². The third-order valence-electron chi connectivity index (χ3n) is 4.62. The number of carbonyl (C=O) groups is 2. The number of halogens is 1. The molecule has 0 aliphatic heterocycles. The van der Waals surface area contributed by atoms with Gasteiger partial charge in [0.15, 0.2) is 0 Å². The van der Waals surface area contributed by atoms with Gasteiger partial charge < -0.3 is 10.0 Å². The van der Waals surface area contributed by atoms with Crippen LogP contribution in [-0.2, 0) is 0 Å². The lowest BCUT2D eigenvalue weighted by Gasteiger charge is -2.36. The van der Waals surface area contributed by atoms with Crippen molar-refractivity contribution < 1.29 is 19.6 Å². The van der Waals surface area contributed by atoms with Gasteiger partial charge >= 0.3 is 7.12 Å². The Hall–Kier alpha value is -1.91. The molecule has 0 saturated carbocycles. The van der Waals surface area contributed by atoms with Crippen molar-refractivity contribution in [2.24, 2.45) is 0 Å². The number of carbonyl (C=O) groups excluding carboxylic acids is 2. The minimum absolute atomic E-state index is 0.0263. The molecule has 2 aromatic rings. The molecule has 0 spiro atoms. The van der Waals surface area contributed by atoms with E-state index >= 15 is 0 Å². The van der Waals surface area contributed by atoms with E-state index in [1.807, 2.05) is 47.6 Å². The van der Waals surface area contributed by atoms with Gasteiger partial charge in [0.2, 0.25) is 0 Å². The molecule has 0 fully saturated rings. The fourth-order valence-corrected chi connectivity index (χ4v) is 3.93. The number of nitrogens with one attached hydrogen (secondary N) is 1. The molecule has 0 unspecified atom stereocenters. The van der Waals surface area contributed by atoms with Crippen LogP contribution in [0.5, 0.6) is 0 Å². The number of hydrazine groups is 1. The van der Waals surface area contributed by atoms with Gasteiger partial charge in [0.05, 0.1) is 5.54 Å². The highest BCUT2D eigenvalue weighted by molar-refractivity contribution is 14.1. The predicted octanol–water partition coefficient (Wildman–Crippen LogP) is 2.99. The van der Waals surface area contributed by atoms with Crippen LogP contribution in [0.25, 0.3) is 0 Å². The highest BCUT2D eigenvalue weighted by Crippen LogP contribution is 2.21. The molecule has 0 aromatic heterocycles. The molecular formula is C22H28BIN2O4. The molecule has 0 saturated heterocycles. The second-order valence-electron chi connectivity index (χ2n) is 8.64. The SMILES string of the molecule is Cc1cc(I)cc(C(=O)N(NC(=O)c2ccc(B(O)O)cc2C(C)C)C(C)(C)C)c1. The maximum absolute atomic E-state index is 13.3. The Morgan fingerprint density at radius 2 is 1.73 bits per heavy atom. The predicted molar refractivity (Wildman–Crippen MR) is 128 cm³/mol. The maximum Gasteiger partial charge on any atom is 0.488 e. The summed E-state index contributed by atoms with van der Waals surface area (Å²) < 4.78 is 0.941. The summed E-state index contributed by atoms with van der Waals surface area (Å²) in [5.41, 5.74) is 4.94. The molecule has 0 radical (unpaired) electrons. The number of rotatable bonds is 4. The lowest BCUT2D eigenvalue weighted by Crippen LogP contribution is -2.56. The van der Waals surface area contributed by atoms with Crippen molar-refractivity contribution in [2.75, 3.05) is 0 Å². The number of amides is 2. The zero-order valence-corrected chi connectivity index (χ0v) is 20.3. The van der Waals surface area contributed by atoms with Gasteiger partial charge in [0.1, 0.15) is 0 Å². The lowest BCUT2D eigenvalue weighted by molar-refractivity contribution is 0.0358. The van der Waals surface area contributed by atoms with E-state index in [2.05, 4.69) is 28.0 Å². The van der Waals surface area contributed by atoms with Gasteiger partial charge in [-0.15, -0.1) is 0 Å². The molecule has 30 heavy (non-hydrogen) atoms. The van der Waals surface area contributed by atoms with Crippen molar-refractivity contribution in [3.63, 3.8) is 0 Å². The quantitative estimate of drug-likeness (QED) is 0.328. The summed E-state index contributed by atoms with van der Waals surface area (Å²) in [6.07, 6.45) is 0. The number of aryl methyl sites for hydroxylation is 1. The van der Waals surface area contributed by atoms with Gasteiger partial charge in [-0.3, -0.25) is 15.0 Å². The minimum atomic E-state index is -1.61. The molecule has 2 amide bonds. The van der Waals surface area contributed by atoms with Crippen LogP contribution in [0.3, 0.4) is 0 Å². The number of hydrogen-bond acceptors (Lipinski definition) is 4. The smallest absolute Gasteiger partial charge is 0.423 e. The summed E-state index contributed by atoms with van der Waals surface area (Å²) >= 11 is 2.16. The molecule has 3 N–H and O–H groups in total. The second-order valence-corrected chi connectivity index (χ2v) is 9.89. The van der Waals surface area contributed by atoms with Crippen LogP contribution >= 0.6 is 22.6 Å². The third kappa shape index (κ3) is 5.83. The van der Waals surface area contributed by atoms with Crippen LogP contribution in [0.15, 0.2) is 36.4 Å². The van der Waals surface area contributed by atoms with Crippen LogP contribution in [0.4, 0.5) is 0 Å². The summed E-state index contributed by atoms with van der Waals surface area (Å²) in [7, 11) is -1.61. The molecule has 0 bridgehead atoms. The van der Waals surface area contributed by atoms with Gasteiger partial charge in [-0.05, 0) is 97.1 Å². The maximum atomic E-state index is 13.3. The molecule has 0 aliphatic carbocycles. The first kappa shape index (κ1) is 24.4. The van der Waals surface area contributed by atoms with Crippen molar-refractivity contribution in [3.8, 4) is 0 Å². The number of hydrogen-bond donors (Lipinski definition) is 3. The topological polar surface area (TPSA) is 89.9 Å². The highest BCUT2D eigenvalue weighted by Gasteiger charge is 2.31. The number of nitrogens with zero attached hydrogens (tertiary/aromatic N) is 1. The van der Waals surface area contributed by atoms with Gasteiger partial charge in [-0.2, -0.15) is 0 Å². The molecule has 0 aliphatic rings. The summed E-state index contributed by atoms with van der Waals surface area (Å²) in [6.45, 7) is 11.3. The molecule has 2 rings (SSSR count). The van der Waals surface area contributed by atoms with Gasteiger partial charge in [-0.1, -0.05) is 26.0 Å². The first-order chi connectivity index (χ1) is 13.8. The van der Waals surface area contributed by atoms with Crippen LogP contribution in [0.1, 0.15) is 72.4 Å². The molecule has 2 aromatic carbocycles. The Morgan fingerprint density at radius 3 is 2.23 bits per heavy atom. The van der Waals surface area contributed by atoms with Crippen LogP contribution in [-0.4, -0.2) is 39.5 Å². The Balaban J connectivity index is 2.42. The standard InChI is InChI=1S/C22H28BIN2O4/c1-13(2)19-12-16(23(29)30)7-8-18(19)20(27)25-26(22(4,5)6)21(28)15-9-14(3)10-17(24)11-15/h7-13,29-30H,1-6H3,(H,25,27). The Kier molecular flexibility index (Phi) is 7.71. The third-order valence-corrected chi connectivity index (χ3v) is 5.24. The zero-order valence-electron chi connectivity index (χ0n) is 18.2. The average Bonchev–Trinajstić information content (AvgIpc) is 2.63. The first-order valence-electron chi connectivity index (χ1n) is 9.74. The van der Waals surface area contributed by atoms with E-state index < -0.39 is 18.6 Å². The molecule has 160 valence electrons. The average molecular weight is 522 g/mol. The highest BCUT2D eigenvalue weighted by atomic mass is 127. The van der Waals surface area contributed by atoms with Crippen molar-refractivity contribution in [2.45, 2.75) is 53.0 Å². The summed E-state index contributed by atoms with van der Waals surface area (Å²) in [5.74, 6) is -0.754. The summed E-state index contributed by atoms with van der Waals surface area (Å²) in [6, 6.07) is 10.2. The van der Waals surface area contributed by atoms with E-state index in [1.165, 1.54) is 11.1 Å². The minimum Gasteiger partial charge on any atom is -0.423 e. The normalized spacial score (nSPS) is 11.4. The van der Waals surface area contributed by atoms with E-state index in [-0.39, 0.29) is 11.8 Å². The molecule has 0 heterocycles. The van der Waals surface area contributed by atoms with Crippen molar-refractivity contribution in [1.82, 2.24) is 10.4 Å². The van der Waals surface area contributed by atoms with Crippen LogP contribution in [0.2, 0.25) is 0 Å². The zero-order chi connectivity index (χ0) is 22.8. The molecule has 6 nitrogen and oxygen atoms in total. The number of benzene rings is 2. The van der Waals surface area contributed by atoms with E-state index in [0.717, 1.165) is 9.13 Å². The van der Waals surface area contributed by atoms with E-state index in [1.54, 1.807) is 24.3 Å². The van der Waals surface area contributed by atoms with Gasteiger partial charge in [0, 0.05) is 14.7 Å². The second kappa shape index (κ2) is 9.49. The fraction of sp³-hybridized carbons (Fsp3) is 0.364. The van der Waals surface area contributed by atoms with Gasteiger partial charge in [-0.25, -0.2) is 5.01 Å². The Morgan fingerprint density at radius 1 is 1.10 bits per heavy atom. The first-order valence-corrected chi connectivity index (χ1v) is 10.8. The molecular weight excluding hydrogens is 494 g/mol. The van der Waals surface area contributed by atoms with E-state index in [9.17, 15) is 19.6 Å². The van der Waals surface area contributed by atoms with Crippen LogP contribution in [0, 0.1) is 10.5 Å². The fourth-order valence-electron chi connectivity index (χ4n) is 3.10. The lowest BCUT2D eigenvalue weighted by atomic mass is 9.77.